The predicted octanol–water partition coefficient (Wildman–Crippen LogP) is 1.97. The molecule has 0 unspecified atom stereocenters. The Morgan fingerprint density at radius 1 is 1.30 bits per heavy atom. The van der Waals surface area contributed by atoms with Crippen LogP contribution in [0.3, 0.4) is 0 Å². The summed E-state index contributed by atoms with van der Waals surface area (Å²) in [5.74, 6) is 0.942. The van der Waals surface area contributed by atoms with Crippen LogP contribution in [0.2, 0.25) is 0 Å². The summed E-state index contributed by atoms with van der Waals surface area (Å²) >= 11 is 0. The zero-order valence-corrected chi connectivity index (χ0v) is 6.33. The molecule has 2 heteroatoms. The summed E-state index contributed by atoms with van der Waals surface area (Å²) < 4.78 is 1.82. The highest BCUT2D eigenvalue weighted by atomic mass is 15.0. The molecular formula is C8H12N2. The minimum Gasteiger partial charge on any atom is -0.312 e. The SMILES string of the molecule is CC(C)C(=N)n1cccc1. The zero-order chi connectivity index (χ0) is 7.56. The van der Waals surface area contributed by atoms with E-state index in [9.17, 15) is 0 Å². The number of hydrogen-bond donors (Lipinski definition) is 1. The third kappa shape index (κ3) is 1.26. The van der Waals surface area contributed by atoms with Gasteiger partial charge in [-0.15, -0.1) is 0 Å². The highest BCUT2D eigenvalue weighted by Crippen LogP contribution is 1.98. The van der Waals surface area contributed by atoms with E-state index >= 15 is 0 Å². The summed E-state index contributed by atoms with van der Waals surface area (Å²) in [6.07, 6.45) is 3.78. The molecule has 1 aromatic heterocycles. The van der Waals surface area contributed by atoms with E-state index < -0.39 is 0 Å². The number of nitrogens with zero attached hydrogens (tertiary/aromatic N) is 1. The molecule has 0 saturated heterocycles. The van der Waals surface area contributed by atoms with Crippen LogP contribution in [0.5, 0.6) is 0 Å². The number of nitrogens with one attached hydrogen (secondary N) is 1. The molecule has 1 N–H and O–H groups in total. The summed E-state index contributed by atoms with van der Waals surface area (Å²) in [4.78, 5) is 0. The molecular weight excluding hydrogens is 124 g/mol. The molecule has 0 aliphatic rings. The highest BCUT2D eigenvalue weighted by molar-refractivity contribution is 5.83. The van der Waals surface area contributed by atoms with Crippen molar-refractivity contribution in [1.82, 2.24) is 4.57 Å². The zero-order valence-electron chi connectivity index (χ0n) is 6.33. The maximum absolute atomic E-state index is 7.56. The minimum absolute atomic E-state index is 0.299. The van der Waals surface area contributed by atoms with E-state index in [0.717, 1.165) is 0 Å². The van der Waals surface area contributed by atoms with Crippen molar-refractivity contribution in [2.75, 3.05) is 0 Å². The van der Waals surface area contributed by atoms with E-state index in [4.69, 9.17) is 5.41 Å². The van der Waals surface area contributed by atoms with Crippen molar-refractivity contribution in [3.05, 3.63) is 24.5 Å². The van der Waals surface area contributed by atoms with E-state index in [0.29, 0.717) is 11.8 Å². The smallest absolute Gasteiger partial charge is 0.107 e. The van der Waals surface area contributed by atoms with Crippen molar-refractivity contribution >= 4 is 5.84 Å². The average Bonchev–Trinajstić information content (AvgIpc) is 2.36. The van der Waals surface area contributed by atoms with Gasteiger partial charge in [-0.25, -0.2) is 0 Å². The standard InChI is InChI=1S/C8H12N2/c1-7(2)8(9)10-5-3-4-6-10/h3-7,9H,1-2H3. The summed E-state index contributed by atoms with van der Waals surface area (Å²) in [7, 11) is 0. The Morgan fingerprint density at radius 2 is 1.80 bits per heavy atom. The lowest BCUT2D eigenvalue weighted by Gasteiger charge is -2.07. The molecule has 0 aliphatic heterocycles. The van der Waals surface area contributed by atoms with Gasteiger partial charge in [0.1, 0.15) is 5.84 Å². The molecule has 54 valence electrons. The lowest BCUT2D eigenvalue weighted by atomic mass is 10.2. The number of aromatic nitrogens is 1. The lowest BCUT2D eigenvalue weighted by molar-refractivity contribution is 0.826. The third-order valence-corrected chi connectivity index (χ3v) is 1.43. The summed E-state index contributed by atoms with van der Waals surface area (Å²) in [5.41, 5.74) is 0. The van der Waals surface area contributed by atoms with Crippen LogP contribution in [0.4, 0.5) is 0 Å². The second-order valence-electron chi connectivity index (χ2n) is 2.63. The fraction of sp³-hybridized carbons (Fsp3) is 0.375. The molecule has 0 aliphatic carbocycles. The first kappa shape index (κ1) is 7.06. The monoisotopic (exact) mass is 136 g/mol. The fourth-order valence-corrected chi connectivity index (χ4v) is 0.793. The Balaban J connectivity index is 2.78. The molecule has 0 amide bonds. The van der Waals surface area contributed by atoms with Gasteiger partial charge < -0.3 is 4.57 Å². The fourth-order valence-electron chi connectivity index (χ4n) is 0.793. The van der Waals surface area contributed by atoms with Crippen molar-refractivity contribution in [1.29, 1.82) is 5.41 Å². The van der Waals surface area contributed by atoms with Crippen LogP contribution in [0, 0.1) is 11.3 Å². The van der Waals surface area contributed by atoms with E-state index in [-0.39, 0.29) is 0 Å². The maximum Gasteiger partial charge on any atom is 0.107 e. The Labute approximate surface area is 61.0 Å². The lowest BCUT2D eigenvalue weighted by Crippen LogP contribution is -2.14. The van der Waals surface area contributed by atoms with Crippen LogP contribution in [0.1, 0.15) is 13.8 Å². The van der Waals surface area contributed by atoms with Gasteiger partial charge in [0.15, 0.2) is 0 Å². The van der Waals surface area contributed by atoms with Crippen molar-refractivity contribution in [2.24, 2.45) is 5.92 Å². The first-order chi connectivity index (χ1) is 4.72. The van der Waals surface area contributed by atoms with Crippen molar-refractivity contribution < 1.29 is 0 Å². The number of rotatable bonds is 1. The van der Waals surface area contributed by atoms with Gasteiger partial charge in [-0.1, -0.05) is 13.8 Å². The van der Waals surface area contributed by atoms with E-state index in [1.807, 2.05) is 42.9 Å². The summed E-state index contributed by atoms with van der Waals surface area (Å²) in [6, 6.07) is 3.86. The Kier molecular flexibility index (Phi) is 1.90. The first-order valence-corrected chi connectivity index (χ1v) is 3.43. The van der Waals surface area contributed by atoms with Crippen LogP contribution in [-0.2, 0) is 0 Å². The van der Waals surface area contributed by atoms with Crippen molar-refractivity contribution in [3.63, 3.8) is 0 Å². The maximum atomic E-state index is 7.56. The molecule has 0 saturated carbocycles. The molecule has 1 aromatic rings. The molecule has 1 heterocycles. The van der Waals surface area contributed by atoms with Crippen LogP contribution in [0.25, 0.3) is 0 Å². The van der Waals surface area contributed by atoms with Crippen molar-refractivity contribution in [3.8, 4) is 0 Å². The van der Waals surface area contributed by atoms with Crippen LogP contribution in [-0.4, -0.2) is 10.4 Å². The molecule has 10 heavy (non-hydrogen) atoms. The number of hydrogen-bond acceptors (Lipinski definition) is 1. The van der Waals surface area contributed by atoms with Crippen molar-refractivity contribution in [2.45, 2.75) is 13.8 Å². The molecule has 0 bridgehead atoms. The van der Waals surface area contributed by atoms with Crippen LogP contribution < -0.4 is 0 Å². The molecule has 0 atom stereocenters. The molecule has 0 fully saturated rings. The van der Waals surface area contributed by atoms with E-state index in [2.05, 4.69) is 0 Å². The Bertz CT molecular complexity index is 209. The van der Waals surface area contributed by atoms with Gasteiger partial charge in [0.2, 0.25) is 0 Å². The average molecular weight is 136 g/mol. The summed E-state index contributed by atoms with van der Waals surface area (Å²) in [5, 5.41) is 7.56. The van der Waals surface area contributed by atoms with Crippen LogP contribution >= 0.6 is 0 Å². The predicted molar refractivity (Wildman–Crippen MR) is 42.4 cm³/mol. The molecule has 0 aromatic carbocycles. The Morgan fingerprint density at radius 3 is 2.20 bits per heavy atom. The largest absolute Gasteiger partial charge is 0.312 e. The van der Waals surface area contributed by atoms with Gasteiger partial charge >= 0.3 is 0 Å². The van der Waals surface area contributed by atoms with Gasteiger partial charge in [-0.05, 0) is 12.1 Å². The molecule has 1 rings (SSSR count). The molecule has 0 radical (unpaired) electrons. The normalized spacial score (nSPS) is 10.3. The van der Waals surface area contributed by atoms with Crippen LogP contribution in [0.15, 0.2) is 24.5 Å². The minimum atomic E-state index is 0.299. The first-order valence-electron chi connectivity index (χ1n) is 3.43. The highest BCUT2D eigenvalue weighted by Gasteiger charge is 2.01. The van der Waals surface area contributed by atoms with Gasteiger partial charge in [-0.2, -0.15) is 0 Å². The van der Waals surface area contributed by atoms with Gasteiger partial charge in [0, 0.05) is 18.3 Å². The quantitative estimate of drug-likeness (QED) is 0.451. The molecule has 0 spiro atoms. The van der Waals surface area contributed by atoms with Gasteiger partial charge in [0.25, 0.3) is 0 Å². The summed E-state index contributed by atoms with van der Waals surface area (Å²) in [6.45, 7) is 4.03. The third-order valence-electron chi connectivity index (χ3n) is 1.43. The second-order valence-corrected chi connectivity index (χ2v) is 2.63. The Hall–Kier alpha value is -1.05. The van der Waals surface area contributed by atoms with E-state index in [1.165, 1.54) is 0 Å². The second kappa shape index (κ2) is 2.69. The topological polar surface area (TPSA) is 28.8 Å². The van der Waals surface area contributed by atoms with Gasteiger partial charge in [-0.3, -0.25) is 5.41 Å². The molecule has 2 nitrogen and oxygen atoms in total. The van der Waals surface area contributed by atoms with E-state index in [1.54, 1.807) is 0 Å². The van der Waals surface area contributed by atoms with Gasteiger partial charge in [0.05, 0.1) is 0 Å².